The van der Waals surface area contributed by atoms with Gasteiger partial charge in [-0.3, -0.25) is 4.79 Å². The topological polar surface area (TPSA) is 64.6 Å². The maximum atomic E-state index is 13.8. The van der Waals surface area contributed by atoms with Crippen LogP contribution in [0.15, 0.2) is 18.2 Å². The van der Waals surface area contributed by atoms with Gasteiger partial charge in [-0.05, 0) is 57.4 Å². The van der Waals surface area contributed by atoms with E-state index < -0.39 is 0 Å². The number of aliphatic hydroxyl groups is 1. The van der Waals surface area contributed by atoms with Crippen LogP contribution in [0.4, 0.5) is 10.1 Å². The van der Waals surface area contributed by atoms with Gasteiger partial charge in [0.05, 0.1) is 18.2 Å². The summed E-state index contributed by atoms with van der Waals surface area (Å²) >= 11 is 0. The van der Waals surface area contributed by atoms with Gasteiger partial charge in [-0.25, -0.2) is 4.39 Å². The van der Waals surface area contributed by atoms with Crippen LogP contribution in [0.5, 0.6) is 0 Å². The second kappa shape index (κ2) is 7.49. The molecular formula is C18H26FN3O2. The first-order chi connectivity index (χ1) is 11.5. The lowest BCUT2D eigenvalue weighted by Crippen LogP contribution is -2.42. The molecule has 2 fully saturated rings. The average molecular weight is 335 g/mol. The Morgan fingerprint density at radius 3 is 2.79 bits per heavy atom. The molecule has 1 aromatic rings. The minimum Gasteiger partial charge on any atom is -0.393 e. The highest BCUT2D eigenvalue weighted by Crippen LogP contribution is 2.30. The summed E-state index contributed by atoms with van der Waals surface area (Å²) in [7, 11) is 0. The highest BCUT2D eigenvalue weighted by atomic mass is 19.1. The number of nitrogens with one attached hydrogen (secondary N) is 2. The van der Waals surface area contributed by atoms with Crippen LogP contribution in [0.1, 0.15) is 44.2 Å². The molecular weight excluding hydrogens is 309 g/mol. The van der Waals surface area contributed by atoms with Crippen molar-refractivity contribution in [1.82, 2.24) is 10.6 Å². The number of carbonyl (C=O) groups is 1. The minimum atomic E-state index is -0.300. The molecule has 2 atom stereocenters. The molecule has 24 heavy (non-hydrogen) atoms. The van der Waals surface area contributed by atoms with Crippen molar-refractivity contribution in [2.75, 3.05) is 24.5 Å². The fourth-order valence-corrected chi connectivity index (χ4v) is 3.57. The van der Waals surface area contributed by atoms with E-state index >= 15 is 0 Å². The van der Waals surface area contributed by atoms with E-state index in [0.717, 1.165) is 43.7 Å². The highest BCUT2D eigenvalue weighted by Gasteiger charge is 2.26. The molecule has 0 unspecified atom stereocenters. The Balaban J connectivity index is 1.75. The van der Waals surface area contributed by atoms with Crippen LogP contribution in [-0.4, -0.2) is 42.8 Å². The van der Waals surface area contributed by atoms with Gasteiger partial charge in [0.25, 0.3) is 0 Å². The Kier molecular flexibility index (Phi) is 5.36. The van der Waals surface area contributed by atoms with Gasteiger partial charge < -0.3 is 20.6 Å². The van der Waals surface area contributed by atoms with Crippen molar-refractivity contribution >= 4 is 11.6 Å². The number of carbonyl (C=O) groups excluding carboxylic acids is 1. The Morgan fingerprint density at radius 1 is 1.38 bits per heavy atom. The van der Waals surface area contributed by atoms with Gasteiger partial charge >= 0.3 is 0 Å². The van der Waals surface area contributed by atoms with Crippen molar-refractivity contribution in [2.45, 2.75) is 50.8 Å². The molecule has 0 spiro atoms. The van der Waals surface area contributed by atoms with Crippen LogP contribution in [0.25, 0.3) is 0 Å². The zero-order valence-corrected chi connectivity index (χ0v) is 14.1. The fourth-order valence-electron chi connectivity index (χ4n) is 3.57. The number of rotatable bonds is 4. The van der Waals surface area contributed by atoms with E-state index in [2.05, 4.69) is 15.5 Å². The quantitative estimate of drug-likeness (QED) is 0.784. The molecule has 2 aliphatic rings. The maximum absolute atomic E-state index is 13.8. The third-order valence-corrected chi connectivity index (χ3v) is 5.00. The zero-order chi connectivity index (χ0) is 17.1. The van der Waals surface area contributed by atoms with Gasteiger partial charge in [0, 0.05) is 24.3 Å². The SMILES string of the molecule is C[C@H](NC(=O)[C@@H]1CCCN1)c1cc(F)ccc1N1CCC(O)CC1. The van der Waals surface area contributed by atoms with Crippen molar-refractivity contribution < 1.29 is 14.3 Å². The van der Waals surface area contributed by atoms with E-state index in [1.165, 1.54) is 12.1 Å². The van der Waals surface area contributed by atoms with Gasteiger partial charge in [0.2, 0.25) is 5.91 Å². The lowest BCUT2D eigenvalue weighted by Gasteiger charge is -2.34. The smallest absolute Gasteiger partial charge is 0.237 e. The molecule has 6 heteroatoms. The largest absolute Gasteiger partial charge is 0.393 e. The molecule has 5 nitrogen and oxygen atoms in total. The van der Waals surface area contributed by atoms with E-state index in [-0.39, 0.29) is 29.9 Å². The molecule has 0 aliphatic carbocycles. The molecule has 132 valence electrons. The summed E-state index contributed by atoms with van der Waals surface area (Å²) in [6.45, 7) is 4.24. The highest BCUT2D eigenvalue weighted by molar-refractivity contribution is 5.82. The summed E-state index contributed by atoms with van der Waals surface area (Å²) in [5.74, 6) is -0.324. The van der Waals surface area contributed by atoms with Gasteiger partial charge in [0.15, 0.2) is 0 Å². The molecule has 3 rings (SSSR count). The zero-order valence-electron chi connectivity index (χ0n) is 14.1. The molecule has 0 radical (unpaired) electrons. The Bertz CT molecular complexity index is 582. The molecule has 2 aliphatic heterocycles. The second-order valence-corrected chi connectivity index (χ2v) is 6.80. The molecule has 2 heterocycles. The summed E-state index contributed by atoms with van der Waals surface area (Å²) in [6, 6.07) is 4.33. The van der Waals surface area contributed by atoms with Gasteiger partial charge in [-0.15, -0.1) is 0 Å². The molecule has 3 N–H and O–H groups in total. The number of aliphatic hydroxyl groups excluding tert-OH is 1. The van der Waals surface area contributed by atoms with Gasteiger partial charge in [-0.2, -0.15) is 0 Å². The van der Waals surface area contributed by atoms with E-state index in [1.807, 2.05) is 6.92 Å². The first-order valence-corrected chi connectivity index (χ1v) is 8.81. The molecule has 1 aromatic carbocycles. The van der Waals surface area contributed by atoms with Crippen LogP contribution in [0.3, 0.4) is 0 Å². The maximum Gasteiger partial charge on any atom is 0.237 e. The van der Waals surface area contributed by atoms with Crippen molar-refractivity contribution in [1.29, 1.82) is 0 Å². The first-order valence-electron chi connectivity index (χ1n) is 8.81. The van der Waals surface area contributed by atoms with Crippen LogP contribution in [0, 0.1) is 5.82 Å². The van der Waals surface area contributed by atoms with Crippen molar-refractivity contribution in [3.63, 3.8) is 0 Å². The number of amides is 1. The number of benzene rings is 1. The number of hydrogen-bond acceptors (Lipinski definition) is 4. The minimum absolute atomic E-state index is 0.0238. The summed E-state index contributed by atoms with van der Waals surface area (Å²) in [5, 5.41) is 15.9. The standard InChI is InChI=1S/C18H26FN3O2/c1-12(21-18(24)16-3-2-8-20-16)15-11-13(19)4-5-17(15)22-9-6-14(23)7-10-22/h4-5,11-12,14,16,20,23H,2-3,6-10H2,1H3,(H,21,24)/t12-,16-/m0/s1. The Hall–Kier alpha value is -1.66. The number of nitrogens with zero attached hydrogens (tertiary/aromatic N) is 1. The summed E-state index contributed by atoms with van der Waals surface area (Å²) in [5.41, 5.74) is 1.73. The van der Waals surface area contributed by atoms with Crippen molar-refractivity contribution in [3.05, 3.63) is 29.6 Å². The third kappa shape index (κ3) is 3.87. The second-order valence-electron chi connectivity index (χ2n) is 6.80. The first kappa shape index (κ1) is 17.2. The predicted molar refractivity (Wildman–Crippen MR) is 91.4 cm³/mol. The average Bonchev–Trinajstić information content (AvgIpc) is 3.10. The van der Waals surface area contributed by atoms with Gasteiger partial charge in [0.1, 0.15) is 5.82 Å². The van der Waals surface area contributed by atoms with Crippen molar-refractivity contribution in [2.24, 2.45) is 0 Å². The van der Waals surface area contributed by atoms with E-state index in [4.69, 9.17) is 0 Å². The monoisotopic (exact) mass is 335 g/mol. The number of anilines is 1. The van der Waals surface area contributed by atoms with Crippen LogP contribution < -0.4 is 15.5 Å². The van der Waals surface area contributed by atoms with E-state index in [0.29, 0.717) is 12.8 Å². The number of halogens is 1. The fraction of sp³-hybridized carbons (Fsp3) is 0.611. The summed E-state index contributed by atoms with van der Waals surface area (Å²) < 4.78 is 13.8. The van der Waals surface area contributed by atoms with Crippen LogP contribution in [0.2, 0.25) is 0 Å². The summed E-state index contributed by atoms with van der Waals surface area (Å²) in [6.07, 6.45) is 3.02. The summed E-state index contributed by atoms with van der Waals surface area (Å²) in [4.78, 5) is 14.5. The Morgan fingerprint density at radius 2 is 2.12 bits per heavy atom. The lowest BCUT2D eigenvalue weighted by molar-refractivity contribution is -0.123. The normalized spacial score (nSPS) is 23.3. The molecule has 0 bridgehead atoms. The number of hydrogen-bond donors (Lipinski definition) is 3. The van der Waals surface area contributed by atoms with Crippen molar-refractivity contribution in [3.8, 4) is 0 Å². The van der Waals surface area contributed by atoms with Crippen LogP contribution >= 0.6 is 0 Å². The van der Waals surface area contributed by atoms with E-state index in [9.17, 15) is 14.3 Å². The van der Waals surface area contributed by atoms with E-state index in [1.54, 1.807) is 6.07 Å². The van der Waals surface area contributed by atoms with Gasteiger partial charge in [-0.1, -0.05) is 0 Å². The lowest BCUT2D eigenvalue weighted by atomic mass is 10.0. The number of piperidine rings is 1. The third-order valence-electron chi connectivity index (χ3n) is 5.00. The predicted octanol–water partition coefficient (Wildman–Crippen LogP) is 1.72. The van der Waals surface area contributed by atoms with Crippen LogP contribution in [-0.2, 0) is 4.79 Å². The Labute approximate surface area is 142 Å². The molecule has 1 amide bonds. The molecule has 2 saturated heterocycles. The molecule has 0 aromatic heterocycles. The molecule has 0 saturated carbocycles.